The van der Waals surface area contributed by atoms with E-state index in [4.69, 9.17) is 9.73 Å². The summed E-state index contributed by atoms with van der Waals surface area (Å²) in [7, 11) is 1.65. The van der Waals surface area contributed by atoms with Crippen LogP contribution in [0.3, 0.4) is 0 Å². The Morgan fingerprint density at radius 2 is 1.87 bits per heavy atom. The van der Waals surface area contributed by atoms with Crippen molar-refractivity contribution in [3.63, 3.8) is 0 Å². The van der Waals surface area contributed by atoms with Gasteiger partial charge in [0.15, 0.2) is 12.2 Å². The molecule has 0 N–H and O–H groups in total. The largest absolute Gasteiger partial charge is 0.462 e. The summed E-state index contributed by atoms with van der Waals surface area (Å²) >= 11 is 0. The van der Waals surface area contributed by atoms with Gasteiger partial charge in [-0.1, -0.05) is 6.08 Å². The zero-order chi connectivity index (χ0) is 22.4. The fraction of sp³-hybridized carbons (Fsp3) is 0.364. The minimum absolute atomic E-state index is 0.148. The third kappa shape index (κ3) is 2.99. The number of nitrogens with zero attached hydrogens (tertiary/aromatic N) is 5. The number of aliphatic imine (C=N–C) groups is 1. The van der Waals surface area contributed by atoms with Crippen LogP contribution >= 0.6 is 0 Å². The summed E-state index contributed by atoms with van der Waals surface area (Å²) in [6.07, 6.45) is 0.927. The van der Waals surface area contributed by atoms with Crippen LogP contribution in [-0.4, -0.2) is 71.0 Å². The van der Waals surface area contributed by atoms with Crippen molar-refractivity contribution in [3.05, 3.63) is 53.9 Å². The van der Waals surface area contributed by atoms with Crippen molar-refractivity contribution in [1.82, 2.24) is 14.7 Å². The molecule has 0 aromatic heterocycles. The lowest BCUT2D eigenvalue weighted by Crippen LogP contribution is -2.64. The molecule has 162 valence electrons. The summed E-state index contributed by atoms with van der Waals surface area (Å²) in [6.45, 7) is 9.76. The topological polar surface area (TPSA) is 85.8 Å². The van der Waals surface area contributed by atoms with Gasteiger partial charge in [-0.2, -0.15) is 0 Å². The first-order valence-corrected chi connectivity index (χ1v) is 10.1. The minimum atomic E-state index is -0.628. The standard InChI is InChI=1S/C22H25N5O4/c1-6-12-25-19(28)17-18(24(5)22(25)30)23-21-26(13(3)14(4)27(17)21)16-10-8-15(9-11-16)20(29)31-7-2/h6,8-11,17-18H,1,7,12H2,2-5H3. The van der Waals surface area contributed by atoms with Crippen LogP contribution in [0.15, 0.2) is 53.3 Å². The number of rotatable bonds is 5. The van der Waals surface area contributed by atoms with E-state index in [-0.39, 0.29) is 24.5 Å². The molecule has 31 heavy (non-hydrogen) atoms. The van der Waals surface area contributed by atoms with E-state index in [1.165, 1.54) is 15.9 Å². The maximum Gasteiger partial charge on any atom is 0.338 e. The number of anilines is 1. The number of hydrogen-bond acceptors (Lipinski definition) is 7. The van der Waals surface area contributed by atoms with Gasteiger partial charge in [0, 0.05) is 30.7 Å². The van der Waals surface area contributed by atoms with E-state index in [0.29, 0.717) is 18.1 Å². The molecule has 3 aliphatic rings. The SMILES string of the molecule is C=CCN1C(=O)C2C(N=C3N(c4ccc(C(=O)OCC)cc4)C(C)=C(C)N32)N(C)C1=O. The minimum Gasteiger partial charge on any atom is -0.462 e. The van der Waals surface area contributed by atoms with Crippen LogP contribution in [0.2, 0.25) is 0 Å². The highest BCUT2D eigenvalue weighted by Crippen LogP contribution is 2.39. The molecule has 9 heteroatoms. The number of allylic oxidation sites excluding steroid dienone is 2. The highest BCUT2D eigenvalue weighted by Gasteiger charge is 2.55. The summed E-state index contributed by atoms with van der Waals surface area (Å²) in [6, 6.07) is 6.02. The summed E-state index contributed by atoms with van der Waals surface area (Å²) in [5, 5.41) is 0. The molecule has 0 radical (unpaired) electrons. The summed E-state index contributed by atoms with van der Waals surface area (Å²) in [5.74, 6) is -0.0847. The molecule has 1 aromatic rings. The van der Waals surface area contributed by atoms with Gasteiger partial charge >= 0.3 is 12.0 Å². The van der Waals surface area contributed by atoms with E-state index in [9.17, 15) is 14.4 Å². The zero-order valence-corrected chi connectivity index (χ0v) is 18.0. The molecule has 3 heterocycles. The maximum atomic E-state index is 13.2. The van der Waals surface area contributed by atoms with Crippen molar-refractivity contribution in [2.24, 2.45) is 4.99 Å². The van der Waals surface area contributed by atoms with Crippen LogP contribution < -0.4 is 4.90 Å². The lowest BCUT2D eigenvalue weighted by atomic mass is 10.1. The molecule has 2 atom stereocenters. The van der Waals surface area contributed by atoms with Crippen molar-refractivity contribution in [1.29, 1.82) is 0 Å². The fourth-order valence-electron chi connectivity index (χ4n) is 4.18. The number of amides is 3. The Morgan fingerprint density at radius 1 is 1.19 bits per heavy atom. The van der Waals surface area contributed by atoms with Crippen LogP contribution in [0, 0.1) is 0 Å². The van der Waals surface area contributed by atoms with Crippen LogP contribution in [0.1, 0.15) is 31.1 Å². The Hall–Kier alpha value is -3.62. The van der Waals surface area contributed by atoms with Gasteiger partial charge in [0.2, 0.25) is 5.96 Å². The van der Waals surface area contributed by atoms with Crippen molar-refractivity contribution < 1.29 is 19.1 Å². The highest BCUT2D eigenvalue weighted by molar-refractivity contribution is 6.10. The molecule has 3 amide bonds. The molecule has 1 fully saturated rings. The third-order valence-electron chi connectivity index (χ3n) is 5.84. The number of carbonyl (C=O) groups is 3. The Bertz CT molecular complexity index is 1030. The Kier molecular flexibility index (Phi) is 5.04. The lowest BCUT2D eigenvalue weighted by Gasteiger charge is -2.40. The number of guanidine groups is 1. The van der Waals surface area contributed by atoms with Crippen molar-refractivity contribution in [3.8, 4) is 0 Å². The predicted molar refractivity (Wildman–Crippen MR) is 115 cm³/mol. The average Bonchev–Trinajstić information content (AvgIpc) is 3.25. The first-order valence-electron chi connectivity index (χ1n) is 10.1. The van der Waals surface area contributed by atoms with Gasteiger partial charge in [-0.05, 0) is 45.0 Å². The van der Waals surface area contributed by atoms with E-state index in [1.807, 2.05) is 35.8 Å². The summed E-state index contributed by atoms with van der Waals surface area (Å²) in [5.41, 5.74) is 3.07. The second-order valence-electron chi connectivity index (χ2n) is 7.56. The van der Waals surface area contributed by atoms with E-state index in [1.54, 1.807) is 26.1 Å². The second kappa shape index (κ2) is 7.57. The number of carbonyl (C=O) groups excluding carboxylic acids is 3. The predicted octanol–water partition coefficient (Wildman–Crippen LogP) is 2.38. The maximum absolute atomic E-state index is 13.2. The van der Waals surface area contributed by atoms with Gasteiger partial charge in [0.1, 0.15) is 0 Å². The smallest absolute Gasteiger partial charge is 0.338 e. The highest BCUT2D eigenvalue weighted by atomic mass is 16.5. The van der Waals surface area contributed by atoms with Gasteiger partial charge in [-0.25, -0.2) is 14.6 Å². The number of esters is 1. The van der Waals surface area contributed by atoms with Crippen molar-refractivity contribution in [2.45, 2.75) is 33.0 Å². The average molecular weight is 423 g/mol. The zero-order valence-electron chi connectivity index (χ0n) is 18.0. The molecule has 1 saturated heterocycles. The van der Waals surface area contributed by atoms with Gasteiger partial charge in [0.25, 0.3) is 5.91 Å². The Balaban J connectivity index is 1.70. The molecule has 0 bridgehead atoms. The van der Waals surface area contributed by atoms with Gasteiger partial charge in [0.05, 0.1) is 12.2 Å². The molecule has 9 nitrogen and oxygen atoms in total. The van der Waals surface area contributed by atoms with Crippen molar-refractivity contribution >= 4 is 29.6 Å². The molecular weight excluding hydrogens is 398 g/mol. The quantitative estimate of drug-likeness (QED) is 0.534. The molecule has 0 aliphatic carbocycles. The second-order valence-corrected chi connectivity index (χ2v) is 7.56. The number of urea groups is 1. The van der Waals surface area contributed by atoms with Crippen LogP contribution in [0.5, 0.6) is 0 Å². The van der Waals surface area contributed by atoms with Crippen LogP contribution in [-0.2, 0) is 9.53 Å². The molecular formula is C22H25N5O4. The third-order valence-corrected chi connectivity index (χ3v) is 5.84. The number of hydrogen-bond donors (Lipinski definition) is 0. The molecule has 1 aromatic carbocycles. The molecule has 0 spiro atoms. The van der Waals surface area contributed by atoms with E-state index >= 15 is 0 Å². The number of likely N-dealkylation sites (N-methyl/N-ethyl adjacent to an activating group) is 1. The van der Waals surface area contributed by atoms with Crippen LogP contribution in [0.25, 0.3) is 0 Å². The number of imide groups is 1. The number of ether oxygens (including phenoxy) is 1. The van der Waals surface area contributed by atoms with Gasteiger partial charge < -0.3 is 9.64 Å². The number of benzene rings is 1. The first-order chi connectivity index (χ1) is 14.8. The number of fused-ring (bicyclic) bond motifs is 3. The molecule has 0 saturated carbocycles. The fourth-order valence-corrected chi connectivity index (χ4v) is 4.18. The van der Waals surface area contributed by atoms with E-state index in [2.05, 4.69) is 6.58 Å². The Morgan fingerprint density at radius 3 is 2.48 bits per heavy atom. The summed E-state index contributed by atoms with van der Waals surface area (Å²) < 4.78 is 5.05. The molecule has 3 aliphatic heterocycles. The summed E-state index contributed by atoms with van der Waals surface area (Å²) in [4.78, 5) is 49.1. The van der Waals surface area contributed by atoms with Crippen LogP contribution in [0.4, 0.5) is 10.5 Å². The van der Waals surface area contributed by atoms with Gasteiger partial charge in [-0.15, -0.1) is 6.58 Å². The van der Waals surface area contributed by atoms with E-state index < -0.39 is 12.2 Å². The first kappa shape index (κ1) is 20.6. The Labute approximate surface area is 180 Å². The lowest BCUT2D eigenvalue weighted by molar-refractivity contribution is -0.136. The molecule has 4 rings (SSSR count). The molecule has 2 unspecified atom stereocenters. The normalized spacial score (nSPS) is 22.6. The van der Waals surface area contributed by atoms with E-state index in [0.717, 1.165) is 17.1 Å². The van der Waals surface area contributed by atoms with Crippen molar-refractivity contribution in [2.75, 3.05) is 25.1 Å². The monoisotopic (exact) mass is 423 g/mol. The van der Waals surface area contributed by atoms with Gasteiger partial charge in [-0.3, -0.25) is 19.5 Å².